The van der Waals surface area contributed by atoms with Crippen LogP contribution >= 0.6 is 0 Å². The Morgan fingerprint density at radius 2 is 1.59 bits per heavy atom. The molecule has 0 bridgehead atoms. The van der Waals surface area contributed by atoms with Gasteiger partial charge in [0.2, 0.25) is 0 Å². The van der Waals surface area contributed by atoms with Gasteiger partial charge in [-0.05, 0) is 86.5 Å². The molecular weight excluding hydrogens is 370 g/mol. The molecule has 2 nitrogen and oxygen atoms in total. The fraction of sp³-hybridized carbons (Fsp3) is 0.520. The van der Waals surface area contributed by atoms with E-state index in [1.807, 2.05) is 0 Å². The van der Waals surface area contributed by atoms with Gasteiger partial charge in [-0.25, -0.2) is 8.78 Å². The summed E-state index contributed by atoms with van der Waals surface area (Å²) in [6.45, 7) is 2.83. The van der Waals surface area contributed by atoms with Crippen molar-refractivity contribution in [3.05, 3.63) is 53.6 Å². The summed E-state index contributed by atoms with van der Waals surface area (Å²) in [4.78, 5) is 0. The lowest BCUT2D eigenvalue weighted by Crippen LogP contribution is -2.34. The highest BCUT2D eigenvalue weighted by Crippen LogP contribution is 2.47. The van der Waals surface area contributed by atoms with Gasteiger partial charge in [-0.15, -0.1) is 0 Å². The van der Waals surface area contributed by atoms with Crippen molar-refractivity contribution in [3.63, 3.8) is 0 Å². The predicted octanol–water partition coefficient (Wildman–Crippen LogP) is 6.73. The smallest absolute Gasteiger partial charge is 0.166 e. The maximum Gasteiger partial charge on any atom is 0.166 e. The van der Waals surface area contributed by atoms with Crippen molar-refractivity contribution in [2.24, 2.45) is 11.8 Å². The molecule has 2 aromatic rings. The Morgan fingerprint density at radius 1 is 0.862 bits per heavy atom. The molecule has 2 saturated carbocycles. The minimum atomic E-state index is -0.741. The number of hydrogen-bond acceptors (Lipinski definition) is 2. The van der Waals surface area contributed by atoms with Gasteiger partial charge in [0.25, 0.3) is 0 Å². The maximum absolute atomic E-state index is 15.0. The van der Waals surface area contributed by atoms with E-state index in [1.165, 1.54) is 0 Å². The quantitative estimate of drug-likeness (QED) is 0.554. The van der Waals surface area contributed by atoms with Crippen LogP contribution in [0.3, 0.4) is 0 Å². The molecule has 2 aromatic carbocycles. The van der Waals surface area contributed by atoms with Crippen molar-refractivity contribution in [1.29, 1.82) is 0 Å². The van der Waals surface area contributed by atoms with Gasteiger partial charge in [-0.2, -0.15) is 0 Å². The van der Waals surface area contributed by atoms with Gasteiger partial charge in [0.15, 0.2) is 11.6 Å². The van der Waals surface area contributed by atoms with Crippen LogP contribution in [-0.2, 0) is 4.74 Å². The van der Waals surface area contributed by atoms with Crippen LogP contribution in [-0.4, -0.2) is 19.8 Å². The summed E-state index contributed by atoms with van der Waals surface area (Å²) in [5.41, 5.74) is 1.51. The first-order valence-corrected chi connectivity index (χ1v) is 10.8. The normalized spacial score (nSPS) is 26.8. The van der Waals surface area contributed by atoms with Crippen LogP contribution in [0.4, 0.5) is 8.78 Å². The van der Waals surface area contributed by atoms with Crippen LogP contribution in [0.25, 0.3) is 11.1 Å². The van der Waals surface area contributed by atoms with Crippen LogP contribution in [0.15, 0.2) is 36.4 Å². The highest BCUT2D eigenvalue weighted by atomic mass is 19.2. The predicted molar refractivity (Wildman–Crippen MR) is 111 cm³/mol. The van der Waals surface area contributed by atoms with E-state index in [0.717, 1.165) is 45.1 Å². The van der Waals surface area contributed by atoms with Crippen LogP contribution < -0.4 is 4.74 Å². The minimum Gasteiger partial charge on any atom is -0.497 e. The zero-order valence-electron chi connectivity index (χ0n) is 17.3. The zero-order valence-corrected chi connectivity index (χ0v) is 17.3. The molecule has 0 saturated heterocycles. The number of hydrogen-bond donors (Lipinski definition) is 0. The molecule has 0 heterocycles. The molecule has 0 amide bonds. The highest BCUT2D eigenvalue weighted by molar-refractivity contribution is 5.65. The molecule has 0 N–H and O–H groups in total. The first-order valence-electron chi connectivity index (χ1n) is 10.8. The van der Waals surface area contributed by atoms with E-state index in [4.69, 9.17) is 9.47 Å². The molecule has 4 heteroatoms. The molecule has 0 radical (unpaired) electrons. The van der Waals surface area contributed by atoms with E-state index >= 15 is 4.39 Å². The number of halogens is 2. The third-order valence-electron chi connectivity index (χ3n) is 6.92. The van der Waals surface area contributed by atoms with Gasteiger partial charge < -0.3 is 9.47 Å². The van der Waals surface area contributed by atoms with Gasteiger partial charge in [0, 0.05) is 12.2 Å². The average molecular weight is 401 g/mol. The Balaban J connectivity index is 1.50. The topological polar surface area (TPSA) is 18.5 Å². The third kappa shape index (κ3) is 4.18. The SMILES string of the molecule is CCOC1CCC2CC(c3ccc(-c4ccc(OC)cc4)c(F)c3F)CCC2C1. The average Bonchev–Trinajstić information content (AvgIpc) is 2.76. The Labute approximate surface area is 172 Å². The second-order valence-electron chi connectivity index (χ2n) is 8.48. The highest BCUT2D eigenvalue weighted by Gasteiger charge is 2.37. The first kappa shape index (κ1) is 20.3. The van der Waals surface area contributed by atoms with Crippen LogP contribution in [0.1, 0.15) is 56.9 Å². The number of benzene rings is 2. The van der Waals surface area contributed by atoms with Crippen molar-refractivity contribution in [1.82, 2.24) is 0 Å². The molecule has 4 rings (SSSR count). The molecular formula is C25H30F2O2. The summed E-state index contributed by atoms with van der Waals surface area (Å²) in [6.07, 6.45) is 6.71. The van der Waals surface area contributed by atoms with E-state index in [0.29, 0.717) is 40.4 Å². The largest absolute Gasteiger partial charge is 0.497 e. The number of fused-ring (bicyclic) bond motifs is 1. The molecule has 2 aliphatic rings. The Bertz CT molecular complexity index is 833. The molecule has 2 fully saturated rings. The van der Waals surface area contributed by atoms with Crippen LogP contribution in [0.5, 0.6) is 5.75 Å². The molecule has 29 heavy (non-hydrogen) atoms. The van der Waals surface area contributed by atoms with Crippen molar-refractivity contribution in [3.8, 4) is 16.9 Å². The summed E-state index contributed by atoms with van der Waals surface area (Å²) >= 11 is 0. The summed E-state index contributed by atoms with van der Waals surface area (Å²) in [5, 5.41) is 0. The number of ether oxygens (including phenoxy) is 2. The van der Waals surface area contributed by atoms with Gasteiger partial charge in [-0.1, -0.05) is 24.3 Å². The lowest BCUT2D eigenvalue weighted by molar-refractivity contribution is -0.00970. The van der Waals surface area contributed by atoms with Gasteiger partial charge in [-0.3, -0.25) is 0 Å². The Morgan fingerprint density at radius 3 is 2.31 bits per heavy atom. The molecule has 0 aromatic heterocycles. The van der Waals surface area contributed by atoms with E-state index in [2.05, 4.69) is 6.92 Å². The maximum atomic E-state index is 15.0. The standard InChI is InChI=1S/C25H30F2O2/c1-3-29-21-11-8-17-14-19(5-4-18(17)15-21)23-13-12-22(24(26)25(23)27)16-6-9-20(28-2)10-7-16/h6-7,9-10,12-13,17-19,21H,3-5,8,11,14-15H2,1-2H3. The fourth-order valence-corrected chi connectivity index (χ4v) is 5.39. The molecule has 4 unspecified atom stereocenters. The minimum absolute atomic E-state index is 0.110. The van der Waals surface area contributed by atoms with E-state index < -0.39 is 11.6 Å². The molecule has 0 aliphatic heterocycles. The van der Waals surface area contributed by atoms with E-state index in [9.17, 15) is 4.39 Å². The number of methoxy groups -OCH3 is 1. The lowest BCUT2D eigenvalue weighted by atomic mass is 9.65. The Hall–Kier alpha value is -1.94. The number of rotatable bonds is 5. The fourth-order valence-electron chi connectivity index (χ4n) is 5.39. The van der Waals surface area contributed by atoms with Crippen molar-refractivity contribution in [2.75, 3.05) is 13.7 Å². The van der Waals surface area contributed by atoms with Gasteiger partial charge in [0.05, 0.1) is 13.2 Å². The summed E-state index contributed by atoms with van der Waals surface area (Å²) < 4.78 is 41.0. The van der Waals surface area contributed by atoms with Crippen LogP contribution in [0, 0.1) is 23.5 Å². The van der Waals surface area contributed by atoms with Gasteiger partial charge in [0.1, 0.15) is 5.75 Å². The third-order valence-corrected chi connectivity index (χ3v) is 6.92. The van der Waals surface area contributed by atoms with Crippen molar-refractivity contribution < 1.29 is 18.3 Å². The molecule has 156 valence electrons. The molecule has 2 aliphatic carbocycles. The van der Waals surface area contributed by atoms with E-state index in [1.54, 1.807) is 43.5 Å². The second-order valence-corrected chi connectivity index (χ2v) is 8.48. The van der Waals surface area contributed by atoms with Crippen molar-refractivity contribution in [2.45, 2.75) is 57.5 Å². The molecule has 4 atom stereocenters. The monoisotopic (exact) mass is 400 g/mol. The second kappa shape index (κ2) is 8.83. The van der Waals surface area contributed by atoms with Gasteiger partial charge >= 0.3 is 0 Å². The lowest BCUT2D eigenvalue weighted by Gasteiger charge is -2.42. The zero-order chi connectivity index (χ0) is 20.4. The first-order chi connectivity index (χ1) is 14.1. The molecule has 0 spiro atoms. The summed E-state index contributed by atoms with van der Waals surface area (Å²) in [6, 6.07) is 10.6. The summed E-state index contributed by atoms with van der Waals surface area (Å²) in [7, 11) is 1.59. The van der Waals surface area contributed by atoms with Crippen molar-refractivity contribution >= 4 is 0 Å². The van der Waals surface area contributed by atoms with E-state index in [-0.39, 0.29) is 5.92 Å². The summed E-state index contributed by atoms with van der Waals surface area (Å²) in [5.74, 6) is 0.665. The Kier molecular flexibility index (Phi) is 6.19. The van der Waals surface area contributed by atoms with Crippen LogP contribution in [0.2, 0.25) is 0 Å².